The molecule has 0 aliphatic carbocycles. The van der Waals surface area contributed by atoms with Crippen LogP contribution in [0.3, 0.4) is 0 Å². The van der Waals surface area contributed by atoms with Crippen molar-refractivity contribution >= 4 is 22.6 Å². The van der Waals surface area contributed by atoms with Crippen LogP contribution in [0.1, 0.15) is 35.9 Å². The van der Waals surface area contributed by atoms with E-state index in [-0.39, 0.29) is 29.8 Å². The summed E-state index contributed by atoms with van der Waals surface area (Å²) < 4.78 is 105. The van der Waals surface area contributed by atoms with Crippen LogP contribution in [0.25, 0.3) is 0 Å². The van der Waals surface area contributed by atoms with Gasteiger partial charge in [-0.15, -0.1) is 13.2 Å². The van der Waals surface area contributed by atoms with Crippen LogP contribution in [0.2, 0.25) is 0 Å². The maximum atomic E-state index is 13.8. The Morgan fingerprint density at radius 1 is 0.950 bits per heavy atom. The summed E-state index contributed by atoms with van der Waals surface area (Å²) in [6.07, 6.45) is -5.75. The van der Waals surface area contributed by atoms with E-state index in [1.54, 1.807) is 31.0 Å². The van der Waals surface area contributed by atoms with E-state index in [1.165, 1.54) is 30.3 Å². The van der Waals surface area contributed by atoms with Gasteiger partial charge < -0.3 is 19.7 Å². The molecule has 2 aromatic carbocycles. The average molecular weight is 689 g/mol. The molecule has 1 heterocycles. The van der Waals surface area contributed by atoms with Gasteiger partial charge in [0.15, 0.2) is 0 Å². The Hall–Kier alpha value is -2.59. The van der Waals surface area contributed by atoms with Crippen molar-refractivity contribution in [2.24, 2.45) is 5.73 Å². The lowest BCUT2D eigenvalue weighted by Gasteiger charge is -2.44. The van der Waals surface area contributed by atoms with Gasteiger partial charge in [-0.05, 0) is 56.3 Å². The van der Waals surface area contributed by atoms with Crippen molar-refractivity contribution in [3.63, 3.8) is 0 Å². The molecule has 3 rings (SSSR count). The Labute approximate surface area is 239 Å². The van der Waals surface area contributed by atoms with Crippen LogP contribution < -0.4 is 15.2 Å². The molecule has 0 bridgehead atoms. The molecular formula is C26H27F7IN3O3. The molecule has 40 heavy (non-hydrogen) atoms. The largest absolute Gasteiger partial charge is 0.573 e. The molecule has 3 aromatic rings. The highest BCUT2D eigenvalue weighted by molar-refractivity contribution is 14.1. The summed E-state index contributed by atoms with van der Waals surface area (Å²) in [4.78, 5) is 1.57. The van der Waals surface area contributed by atoms with E-state index in [2.05, 4.69) is 9.89 Å². The molecule has 220 valence electrons. The van der Waals surface area contributed by atoms with Gasteiger partial charge >= 0.3 is 10.5 Å². The molecule has 0 radical (unpaired) electrons. The van der Waals surface area contributed by atoms with Crippen LogP contribution in [0.4, 0.5) is 30.7 Å². The molecule has 6 nitrogen and oxygen atoms in total. The quantitative estimate of drug-likeness (QED) is 0.125. The second kappa shape index (κ2) is 12.1. The number of nitrogens with two attached hydrogens (primary N) is 1. The lowest BCUT2D eigenvalue weighted by molar-refractivity contribution is -0.274. The Bertz CT molecular complexity index is 1220. The molecule has 14 heteroatoms. The minimum absolute atomic E-state index is 0.0738. The van der Waals surface area contributed by atoms with Gasteiger partial charge in [-0.1, -0.05) is 29.4 Å². The minimum atomic E-state index is -4.99. The predicted molar refractivity (Wildman–Crippen MR) is 141 cm³/mol. The molecule has 0 spiro atoms. The topological polar surface area (TPSA) is 73.8 Å². The third kappa shape index (κ3) is 8.96. The first-order valence-corrected chi connectivity index (χ1v) is 12.9. The highest BCUT2D eigenvalue weighted by Crippen LogP contribution is 2.42. The van der Waals surface area contributed by atoms with Crippen LogP contribution in [0.5, 0.6) is 11.5 Å². The maximum Gasteiger partial charge on any atom is 0.573 e. The number of hydrogen-bond acceptors (Lipinski definition) is 6. The summed E-state index contributed by atoms with van der Waals surface area (Å²) in [5.41, 5.74) is 5.44. The van der Waals surface area contributed by atoms with E-state index >= 15 is 0 Å². The van der Waals surface area contributed by atoms with Crippen LogP contribution in [-0.2, 0) is 12.0 Å². The summed E-state index contributed by atoms with van der Waals surface area (Å²) in [5, 5.41) is 4.02. The normalized spacial score (nSPS) is 15.1. The third-order valence-electron chi connectivity index (χ3n) is 5.98. The lowest BCUT2D eigenvalue weighted by Crippen LogP contribution is -2.51. The first-order chi connectivity index (χ1) is 18.4. The van der Waals surface area contributed by atoms with Gasteiger partial charge in [0.1, 0.15) is 17.3 Å². The number of nitrogens with zero attached hydrogens (tertiary/aromatic N) is 2. The van der Waals surface area contributed by atoms with Crippen LogP contribution >= 0.6 is 22.6 Å². The van der Waals surface area contributed by atoms with Gasteiger partial charge in [-0.25, -0.2) is 8.78 Å². The zero-order valence-electron chi connectivity index (χ0n) is 21.6. The summed E-state index contributed by atoms with van der Waals surface area (Å²) >= 11 is 0.805. The van der Waals surface area contributed by atoms with Crippen molar-refractivity contribution in [1.82, 2.24) is 10.1 Å². The van der Waals surface area contributed by atoms with Gasteiger partial charge in [-0.2, -0.15) is 8.78 Å². The molecule has 2 N–H and O–H groups in total. The van der Waals surface area contributed by atoms with Crippen LogP contribution in [0.15, 0.2) is 59.1 Å². The van der Waals surface area contributed by atoms with E-state index in [9.17, 15) is 30.7 Å². The Morgan fingerprint density at radius 2 is 1.50 bits per heavy atom. The zero-order chi connectivity index (χ0) is 29.9. The summed E-state index contributed by atoms with van der Waals surface area (Å²) in [5.74, 6) is -3.44. The van der Waals surface area contributed by atoms with Crippen molar-refractivity contribution in [2.45, 2.75) is 54.7 Å². The second-order valence-electron chi connectivity index (χ2n) is 9.53. The number of ether oxygens (including phenoxy) is 2. The van der Waals surface area contributed by atoms with E-state index in [4.69, 9.17) is 15.0 Å². The molecule has 0 aliphatic rings. The highest BCUT2D eigenvalue weighted by atomic mass is 127. The van der Waals surface area contributed by atoms with Gasteiger partial charge in [0.05, 0.1) is 33.8 Å². The molecule has 0 saturated carbocycles. The van der Waals surface area contributed by atoms with Gasteiger partial charge in [-0.3, -0.25) is 4.90 Å². The summed E-state index contributed by atoms with van der Waals surface area (Å²) in [6, 6.07) is 11.2. The van der Waals surface area contributed by atoms with Gasteiger partial charge in [0, 0.05) is 31.5 Å². The van der Waals surface area contributed by atoms with Crippen molar-refractivity contribution in [2.75, 3.05) is 13.6 Å². The fraction of sp³-hybridized carbons (Fsp3) is 0.423. The van der Waals surface area contributed by atoms with Crippen LogP contribution in [-0.4, -0.2) is 46.1 Å². The SMILES string of the molecule is Cc1cc(CC(c2cccc(OC(F)(F)F)c2)(c2cccc(OC(F)(F)I)c2)N(C)CC(N)CC(C)(F)F)no1. The average Bonchev–Trinajstić information content (AvgIpc) is 3.18. The Morgan fingerprint density at radius 3 is 1.95 bits per heavy atom. The van der Waals surface area contributed by atoms with E-state index in [0.717, 1.165) is 41.6 Å². The van der Waals surface area contributed by atoms with E-state index < -0.39 is 40.2 Å². The zero-order valence-corrected chi connectivity index (χ0v) is 23.8. The standard InChI is InChI=1S/C26H27F7IN3O3/c1-16-10-20(36-40-16)14-24(37(3)15-19(35)13-23(2,27)28,17-6-4-8-21(11-17)38-25(29,30)31)18-7-5-9-22(12-18)39-26(32,33)34/h4-12,19H,13-15,35H2,1-3H3. The summed E-state index contributed by atoms with van der Waals surface area (Å²) in [6.45, 7) is 2.19. The fourth-order valence-corrected chi connectivity index (χ4v) is 4.90. The van der Waals surface area contributed by atoms with Gasteiger partial charge in [0.2, 0.25) is 5.92 Å². The van der Waals surface area contributed by atoms with Crippen LogP contribution in [0, 0.1) is 6.92 Å². The summed E-state index contributed by atoms with van der Waals surface area (Å²) in [7, 11) is 1.54. The van der Waals surface area contributed by atoms with Crippen molar-refractivity contribution in [1.29, 1.82) is 0 Å². The lowest BCUT2D eigenvalue weighted by atomic mass is 9.77. The molecule has 2 unspecified atom stereocenters. The minimum Gasteiger partial charge on any atom is -0.425 e. The molecule has 1 aromatic heterocycles. The molecule has 2 atom stereocenters. The molecular weight excluding hydrogens is 662 g/mol. The number of likely N-dealkylation sites (N-methyl/N-ethyl adjacent to an activating group) is 1. The maximum absolute atomic E-state index is 13.8. The number of hydrogen-bond donors (Lipinski definition) is 1. The number of aryl methyl sites for hydroxylation is 1. The number of alkyl halides is 8. The number of aromatic nitrogens is 1. The Kier molecular flexibility index (Phi) is 9.66. The third-order valence-corrected chi connectivity index (χ3v) is 6.20. The van der Waals surface area contributed by atoms with Crippen molar-refractivity contribution in [3.8, 4) is 11.5 Å². The number of rotatable bonds is 12. The molecule has 0 fully saturated rings. The van der Waals surface area contributed by atoms with Gasteiger partial charge in [0.25, 0.3) is 0 Å². The number of benzene rings is 2. The monoisotopic (exact) mass is 689 g/mol. The smallest absolute Gasteiger partial charge is 0.425 e. The second-order valence-corrected chi connectivity index (χ2v) is 10.8. The molecule has 0 aliphatic heterocycles. The van der Waals surface area contributed by atoms with Crippen molar-refractivity contribution in [3.05, 3.63) is 77.2 Å². The van der Waals surface area contributed by atoms with E-state index in [0.29, 0.717) is 11.5 Å². The predicted octanol–water partition coefficient (Wildman–Crippen LogP) is 7.04. The Balaban J connectivity index is 2.26. The fourth-order valence-electron chi connectivity index (χ4n) is 4.64. The molecule has 0 amide bonds. The highest BCUT2D eigenvalue weighted by Gasteiger charge is 2.42. The first kappa shape index (κ1) is 31.9. The number of halogens is 8. The first-order valence-electron chi connectivity index (χ1n) is 11.9. The van der Waals surface area contributed by atoms with E-state index in [1.807, 2.05) is 0 Å². The van der Waals surface area contributed by atoms with Crippen molar-refractivity contribution < 1.29 is 44.7 Å². The molecule has 0 saturated heterocycles.